The summed E-state index contributed by atoms with van der Waals surface area (Å²) in [6.45, 7) is 4.70. The van der Waals surface area contributed by atoms with E-state index in [0.717, 1.165) is 12.1 Å². The Morgan fingerprint density at radius 1 is 1.28 bits per heavy atom. The molecule has 5 saturated carbocycles. The van der Waals surface area contributed by atoms with E-state index < -0.39 is 0 Å². The number of amides is 1. The molecule has 6 rings (SSSR count). The van der Waals surface area contributed by atoms with E-state index >= 15 is 0 Å². The number of hydrogen-bond donors (Lipinski definition) is 1. The number of nitrogens with one attached hydrogen (secondary N) is 1. The van der Waals surface area contributed by atoms with Gasteiger partial charge in [0.05, 0.1) is 5.41 Å². The SMILES string of the molecule is C[C@]12CC[C@@H]3[C@@]1(C)C[C@@]32C(=O)Nc1ccccc1. The van der Waals surface area contributed by atoms with Crippen LogP contribution in [0.1, 0.15) is 33.1 Å². The maximum atomic E-state index is 12.7. The van der Waals surface area contributed by atoms with Crippen molar-refractivity contribution in [2.24, 2.45) is 22.2 Å². The van der Waals surface area contributed by atoms with Crippen molar-refractivity contribution in [2.75, 3.05) is 5.32 Å². The summed E-state index contributed by atoms with van der Waals surface area (Å²) in [5.41, 5.74) is 1.61. The van der Waals surface area contributed by atoms with Gasteiger partial charge in [-0.2, -0.15) is 0 Å². The molecule has 0 aliphatic heterocycles. The molecule has 18 heavy (non-hydrogen) atoms. The predicted octanol–water partition coefficient (Wildman–Crippen LogP) is 3.45. The normalized spacial score (nSPS) is 47.1. The predicted molar refractivity (Wildman–Crippen MR) is 71.1 cm³/mol. The van der Waals surface area contributed by atoms with Crippen molar-refractivity contribution >= 4 is 11.6 Å². The van der Waals surface area contributed by atoms with Gasteiger partial charge in [-0.1, -0.05) is 32.0 Å². The molecule has 5 aliphatic carbocycles. The summed E-state index contributed by atoms with van der Waals surface area (Å²) in [6, 6.07) is 9.85. The van der Waals surface area contributed by atoms with E-state index in [9.17, 15) is 4.79 Å². The third-order valence-corrected chi connectivity index (χ3v) is 6.63. The van der Waals surface area contributed by atoms with Gasteiger partial charge >= 0.3 is 0 Å². The molecular weight excluding hydrogens is 222 g/mol. The summed E-state index contributed by atoms with van der Waals surface area (Å²) in [4.78, 5) is 12.7. The molecule has 2 nitrogen and oxygen atoms in total. The fourth-order valence-corrected chi connectivity index (χ4v) is 5.48. The van der Waals surface area contributed by atoms with E-state index in [1.165, 1.54) is 12.8 Å². The summed E-state index contributed by atoms with van der Waals surface area (Å²) in [6.07, 6.45) is 3.57. The van der Waals surface area contributed by atoms with Gasteiger partial charge < -0.3 is 5.32 Å². The fraction of sp³-hybridized carbons (Fsp3) is 0.562. The van der Waals surface area contributed by atoms with Gasteiger partial charge in [-0.15, -0.1) is 0 Å². The lowest BCUT2D eigenvalue weighted by atomic mass is 9.21. The minimum absolute atomic E-state index is 0.0441. The monoisotopic (exact) mass is 241 g/mol. The highest BCUT2D eigenvalue weighted by Crippen LogP contribution is 2.93. The molecule has 1 aromatic rings. The number of anilines is 1. The average molecular weight is 241 g/mol. The molecule has 0 spiro atoms. The first kappa shape index (κ1) is 10.6. The summed E-state index contributed by atoms with van der Waals surface area (Å²) in [5, 5.41) is 3.13. The molecule has 0 saturated heterocycles. The Kier molecular flexibility index (Phi) is 1.66. The second kappa shape index (κ2) is 2.81. The van der Waals surface area contributed by atoms with Crippen molar-refractivity contribution in [3.05, 3.63) is 30.3 Å². The Labute approximate surface area is 108 Å². The molecular formula is C16H19NO. The first-order valence-corrected chi connectivity index (χ1v) is 6.91. The molecule has 5 fully saturated rings. The lowest BCUT2D eigenvalue weighted by Gasteiger charge is -2.81. The molecule has 0 aromatic heterocycles. The minimum Gasteiger partial charge on any atom is -0.326 e. The fourth-order valence-electron chi connectivity index (χ4n) is 5.48. The Bertz CT molecular complexity index is 539. The standard InChI is InChI=1S/C16H19NO/c1-14-10-16(12(14)8-9-15(14,16)2)13(18)17-11-6-4-3-5-7-11/h3-7,12H,8-10H2,1-2H3,(H,17,18)/t12-,14-,15+,16+/m1/s1. The van der Waals surface area contributed by atoms with E-state index in [-0.39, 0.29) is 16.7 Å². The van der Waals surface area contributed by atoms with Gasteiger partial charge in [-0.05, 0) is 48.1 Å². The van der Waals surface area contributed by atoms with Crippen LogP contribution in [-0.2, 0) is 4.79 Å². The van der Waals surface area contributed by atoms with Crippen LogP contribution >= 0.6 is 0 Å². The Balaban J connectivity index is 1.62. The topological polar surface area (TPSA) is 29.1 Å². The highest BCUT2D eigenvalue weighted by Gasteiger charge is 2.91. The number of hydrogen-bond acceptors (Lipinski definition) is 1. The zero-order chi connectivity index (χ0) is 12.6. The summed E-state index contributed by atoms with van der Waals surface area (Å²) >= 11 is 0. The van der Waals surface area contributed by atoms with E-state index in [1.54, 1.807) is 0 Å². The number of para-hydroxylation sites is 1. The molecule has 4 atom stereocenters. The highest BCUT2D eigenvalue weighted by molar-refractivity contribution is 5.99. The number of carbonyl (C=O) groups is 1. The van der Waals surface area contributed by atoms with Crippen LogP contribution in [-0.4, -0.2) is 5.91 Å². The molecule has 0 heterocycles. The Morgan fingerprint density at radius 2 is 2.00 bits per heavy atom. The average Bonchev–Trinajstić information content (AvgIpc) is 2.74. The van der Waals surface area contributed by atoms with Crippen molar-refractivity contribution in [1.82, 2.24) is 0 Å². The molecule has 5 aliphatic rings. The first-order chi connectivity index (χ1) is 8.55. The maximum absolute atomic E-state index is 12.7. The van der Waals surface area contributed by atoms with E-state index in [2.05, 4.69) is 19.2 Å². The van der Waals surface area contributed by atoms with Gasteiger partial charge in [-0.3, -0.25) is 4.79 Å². The number of rotatable bonds is 2. The summed E-state index contributed by atoms with van der Waals surface area (Å²) < 4.78 is 0. The van der Waals surface area contributed by atoms with Crippen molar-refractivity contribution < 1.29 is 4.79 Å². The van der Waals surface area contributed by atoms with Crippen LogP contribution in [0.15, 0.2) is 30.3 Å². The van der Waals surface area contributed by atoms with Crippen molar-refractivity contribution in [3.8, 4) is 0 Å². The highest BCUT2D eigenvalue weighted by atomic mass is 16.2. The molecule has 1 N–H and O–H groups in total. The van der Waals surface area contributed by atoms with Crippen LogP contribution in [0.25, 0.3) is 0 Å². The summed E-state index contributed by atoms with van der Waals surface area (Å²) in [5.74, 6) is 0.904. The van der Waals surface area contributed by atoms with Crippen LogP contribution in [0.4, 0.5) is 5.69 Å². The van der Waals surface area contributed by atoms with E-state index in [0.29, 0.717) is 11.3 Å². The first-order valence-electron chi connectivity index (χ1n) is 6.91. The third-order valence-electron chi connectivity index (χ3n) is 6.63. The largest absolute Gasteiger partial charge is 0.326 e. The van der Waals surface area contributed by atoms with Gasteiger partial charge in [0.15, 0.2) is 0 Å². The number of fused-ring (bicyclic) bond motifs is 1. The van der Waals surface area contributed by atoms with Gasteiger partial charge in [-0.25, -0.2) is 0 Å². The second-order valence-corrected chi connectivity index (χ2v) is 6.81. The molecule has 2 heteroatoms. The van der Waals surface area contributed by atoms with Gasteiger partial charge in [0.1, 0.15) is 0 Å². The van der Waals surface area contributed by atoms with Gasteiger partial charge in [0.2, 0.25) is 5.91 Å². The molecule has 94 valence electrons. The minimum atomic E-state index is -0.0441. The zero-order valence-corrected chi connectivity index (χ0v) is 11.0. The van der Waals surface area contributed by atoms with Crippen LogP contribution in [0.5, 0.6) is 0 Å². The van der Waals surface area contributed by atoms with Crippen LogP contribution < -0.4 is 5.32 Å². The molecule has 0 unspecified atom stereocenters. The van der Waals surface area contributed by atoms with E-state index in [1.807, 2.05) is 30.3 Å². The molecule has 4 bridgehead atoms. The van der Waals surface area contributed by atoms with Gasteiger partial charge in [0.25, 0.3) is 0 Å². The Morgan fingerprint density at radius 3 is 2.56 bits per heavy atom. The Hall–Kier alpha value is -1.31. The van der Waals surface area contributed by atoms with Crippen LogP contribution in [0, 0.1) is 22.2 Å². The van der Waals surface area contributed by atoms with E-state index in [4.69, 9.17) is 0 Å². The molecule has 1 aromatic carbocycles. The molecule has 1 amide bonds. The van der Waals surface area contributed by atoms with Crippen LogP contribution in [0.2, 0.25) is 0 Å². The van der Waals surface area contributed by atoms with Crippen molar-refractivity contribution in [2.45, 2.75) is 33.1 Å². The number of carbonyl (C=O) groups excluding carboxylic acids is 1. The van der Waals surface area contributed by atoms with Crippen molar-refractivity contribution in [1.29, 1.82) is 0 Å². The van der Waals surface area contributed by atoms with Gasteiger partial charge in [0, 0.05) is 5.69 Å². The quantitative estimate of drug-likeness (QED) is 0.844. The molecule has 0 radical (unpaired) electrons. The number of benzene rings is 1. The lowest BCUT2D eigenvalue weighted by Crippen LogP contribution is -2.81. The maximum Gasteiger partial charge on any atom is 0.231 e. The third kappa shape index (κ3) is 0.799. The van der Waals surface area contributed by atoms with Crippen molar-refractivity contribution in [3.63, 3.8) is 0 Å². The van der Waals surface area contributed by atoms with Crippen LogP contribution in [0.3, 0.4) is 0 Å². The zero-order valence-electron chi connectivity index (χ0n) is 11.0. The lowest BCUT2D eigenvalue weighted by molar-refractivity contribution is -0.326. The smallest absolute Gasteiger partial charge is 0.231 e. The second-order valence-electron chi connectivity index (χ2n) is 6.81. The summed E-state index contributed by atoms with van der Waals surface area (Å²) in [7, 11) is 0.